The second-order valence-corrected chi connectivity index (χ2v) is 4.16. The molecule has 0 N–H and O–H groups in total. The highest BCUT2D eigenvalue weighted by atomic mass is 16.2. The number of rotatable bonds is 3. The first-order valence-corrected chi connectivity index (χ1v) is 5.29. The van der Waals surface area contributed by atoms with Gasteiger partial charge in [0.25, 0.3) is 5.91 Å². The molecule has 1 aliphatic heterocycles. The van der Waals surface area contributed by atoms with Crippen molar-refractivity contribution < 1.29 is 4.79 Å². The van der Waals surface area contributed by atoms with Crippen molar-refractivity contribution in [2.24, 2.45) is 0 Å². The predicted molar refractivity (Wildman–Crippen MR) is 63.5 cm³/mol. The summed E-state index contributed by atoms with van der Waals surface area (Å²) in [7, 11) is 1.83. The van der Waals surface area contributed by atoms with Gasteiger partial charge in [0.1, 0.15) is 0 Å². The minimum absolute atomic E-state index is 0.125. The molecule has 0 aliphatic carbocycles. The third-order valence-electron chi connectivity index (χ3n) is 2.76. The van der Waals surface area contributed by atoms with E-state index in [-0.39, 0.29) is 5.91 Å². The smallest absolute Gasteiger partial charge is 0.253 e. The number of hydrogen-bond acceptors (Lipinski definition) is 1. The van der Waals surface area contributed by atoms with Crippen molar-refractivity contribution in [1.82, 2.24) is 4.90 Å². The van der Waals surface area contributed by atoms with E-state index in [0.29, 0.717) is 0 Å². The van der Waals surface area contributed by atoms with Gasteiger partial charge in [-0.05, 0) is 37.5 Å². The van der Waals surface area contributed by atoms with E-state index in [9.17, 15) is 4.79 Å². The minimum Gasteiger partial charge on any atom is -0.338 e. The van der Waals surface area contributed by atoms with E-state index in [2.05, 4.69) is 13.5 Å². The number of carbonyl (C=O) groups is 1. The highest BCUT2D eigenvalue weighted by molar-refractivity contribution is 5.99. The van der Waals surface area contributed by atoms with E-state index >= 15 is 0 Å². The largest absolute Gasteiger partial charge is 0.338 e. The first kappa shape index (κ1) is 11.8. The van der Waals surface area contributed by atoms with E-state index in [4.69, 9.17) is 0 Å². The van der Waals surface area contributed by atoms with Gasteiger partial charge >= 0.3 is 0 Å². The Morgan fingerprint density at radius 3 is 2.53 bits per heavy atom. The summed E-state index contributed by atoms with van der Waals surface area (Å²) in [6, 6.07) is 0. The molecule has 82 valence electrons. The third kappa shape index (κ3) is 2.38. The van der Waals surface area contributed by atoms with Gasteiger partial charge in [-0.3, -0.25) is 4.79 Å². The van der Waals surface area contributed by atoms with Crippen molar-refractivity contribution in [3.05, 3.63) is 34.9 Å². The van der Waals surface area contributed by atoms with Crippen molar-refractivity contribution in [2.45, 2.75) is 27.2 Å². The molecule has 0 bridgehead atoms. The van der Waals surface area contributed by atoms with Crippen LogP contribution >= 0.6 is 0 Å². The lowest BCUT2D eigenvalue weighted by atomic mass is 10.0. The Bertz CT molecular complexity index is 361. The van der Waals surface area contributed by atoms with Crippen molar-refractivity contribution in [2.75, 3.05) is 13.6 Å². The molecule has 0 radical (unpaired) electrons. The normalized spacial score (nSPS) is 17.7. The third-order valence-corrected chi connectivity index (χ3v) is 2.76. The average molecular weight is 205 g/mol. The Hall–Kier alpha value is -1.31. The monoisotopic (exact) mass is 205 g/mol. The molecule has 0 saturated carbocycles. The molecule has 0 atom stereocenters. The van der Waals surface area contributed by atoms with Crippen LogP contribution in [0.5, 0.6) is 0 Å². The number of hydrogen-bond donors (Lipinski definition) is 0. The predicted octanol–water partition coefficient (Wildman–Crippen LogP) is 2.69. The van der Waals surface area contributed by atoms with Gasteiger partial charge in [0, 0.05) is 19.2 Å². The van der Waals surface area contributed by atoms with Gasteiger partial charge < -0.3 is 4.90 Å². The summed E-state index contributed by atoms with van der Waals surface area (Å²) in [6.45, 7) is 10.7. The van der Waals surface area contributed by atoms with Gasteiger partial charge in [-0.15, -0.1) is 0 Å². The Morgan fingerprint density at radius 2 is 2.20 bits per heavy atom. The van der Waals surface area contributed by atoms with Crippen LogP contribution in [0.1, 0.15) is 27.2 Å². The van der Waals surface area contributed by atoms with E-state index in [1.165, 1.54) is 0 Å². The summed E-state index contributed by atoms with van der Waals surface area (Å²) in [5.41, 5.74) is 4.19. The fraction of sp³-hybridized carbons (Fsp3) is 0.462. The molecule has 1 rings (SSSR count). The van der Waals surface area contributed by atoms with E-state index in [0.717, 1.165) is 35.3 Å². The topological polar surface area (TPSA) is 20.3 Å². The Morgan fingerprint density at radius 1 is 1.60 bits per heavy atom. The molecule has 2 heteroatoms. The van der Waals surface area contributed by atoms with Crippen molar-refractivity contribution >= 4 is 5.91 Å². The van der Waals surface area contributed by atoms with Crippen LogP contribution in [0.25, 0.3) is 0 Å². The summed E-state index contributed by atoms with van der Waals surface area (Å²) in [5.74, 6) is 0.125. The second-order valence-electron chi connectivity index (χ2n) is 4.16. The van der Waals surface area contributed by atoms with Gasteiger partial charge in [0.05, 0.1) is 0 Å². The van der Waals surface area contributed by atoms with Gasteiger partial charge in [-0.1, -0.05) is 19.1 Å². The number of likely N-dealkylation sites (N-methyl/N-ethyl adjacent to an activating group) is 1. The van der Waals surface area contributed by atoms with Crippen LogP contribution in [0.3, 0.4) is 0 Å². The van der Waals surface area contributed by atoms with E-state index in [1.54, 1.807) is 4.90 Å². The van der Waals surface area contributed by atoms with Crippen LogP contribution in [0.4, 0.5) is 0 Å². The van der Waals surface area contributed by atoms with Gasteiger partial charge in [0.15, 0.2) is 0 Å². The van der Waals surface area contributed by atoms with E-state index < -0.39 is 0 Å². The Balaban J connectivity index is 3.04. The lowest BCUT2D eigenvalue weighted by Gasteiger charge is -2.08. The number of nitrogens with zero attached hydrogens (tertiary/aromatic N) is 1. The molecule has 0 saturated heterocycles. The minimum atomic E-state index is 0.125. The first-order chi connectivity index (χ1) is 6.97. The summed E-state index contributed by atoms with van der Waals surface area (Å²) in [5, 5.41) is 0. The van der Waals surface area contributed by atoms with Crippen LogP contribution in [-0.2, 0) is 4.79 Å². The second kappa shape index (κ2) is 4.47. The first-order valence-electron chi connectivity index (χ1n) is 5.29. The Labute approximate surface area is 92.0 Å². The van der Waals surface area contributed by atoms with Crippen LogP contribution in [0, 0.1) is 0 Å². The lowest BCUT2D eigenvalue weighted by molar-refractivity contribution is -0.124. The molecule has 0 aromatic rings. The van der Waals surface area contributed by atoms with Crippen LogP contribution in [-0.4, -0.2) is 24.4 Å². The van der Waals surface area contributed by atoms with Crippen molar-refractivity contribution in [3.8, 4) is 0 Å². The summed E-state index contributed by atoms with van der Waals surface area (Å²) >= 11 is 0. The molecule has 0 fully saturated rings. The summed E-state index contributed by atoms with van der Waals surface area (Å²) in [4.78, 5) is 13.5. The average Bonchev–Trinajstić information content (AvgIpc) is 2.39. The molecule has 2 nitrogen and oxygen atoms in total. The van der Waals surface area contributed by atoms with Gasteiger partial charge in [0.2, 0.25) is 0 Å². The molecule has 1 heterocycles. The van der Waals surface area contributed by atoms with Crippen molar-refractivity contribution in [3.63, 3.8) is 0 Å². The maximum atomic E-state index is 11.8. The SMILES string of the molecule is C=C(C)/C(=C\C1=C(C)CN(C)C1=O)CC. The molecule has 1 aliphatic rings. The van der Waals surface area contributed by atoms with E-state index in [1.807, 2.05) is 27.0 Å². The molecule has 1 amide bonds. The molecule has 0 unspecified atom stereocenters. The highest BCUT2D eigenvalue weighted by Gasteiger charge is 2.23. The van der Waals surface area contributed by atoms with Crippen molar-refractivity contribution in [1.29, 1.82) is 0 Å². The molecule has 0 spiro atoms. The summed E-state index contributed by atoms with van der Waals surface area (Å²) in [6.07, 6.45) is 2.91. The number of amides is 1. The van der Waals surface area contributed by atoms with Crippen LogP contribution < -0.4 is 0 Å². The zero-order chi connectivity index (χ0) is 11.6. The molecule has 0 aromatic carbocycles. The molecular weight excluding hydrogens is 186 g/mol. The molecular formula is C13H19NO. The fourth-order valence-corrected chi connectivity index (χ4v) is 1.79. The van der Waals surface area contributed by atoms with Crippen LogP contribution in [0.15, 0.2) is 34.9 Å². The van der Waals surface area contributed by atoms with Crippen LogP contribution in [0.2, 0.25) is 0 Å². The zero-order valence-electron chi connectivity index (χ0n) is 10.1. The standard InChI is InChI=1S/C13H19NO/c1-6-11(9(2)3)7-12-10(4)8-14(5)13(12)15/h7H,2,6,8H2,1,3-5H3/b11-7-. The molecule has 0 aromatic heterocycles. The fourth-order valence-electron chi connectivity index (χ4n) is 1.79. The van der Waals surface area contributed by atoms with Gasteiger partial charge in [-0.25, -0.2) is 0 Å². The highest BCUT2D eigenvalue weighted by Crippen LogP contribution is 2.22. The molecule has 15 heavy (non-hydrogen) atoms. The maximum absolute atomic E-state index is 11.8. The number of carbonyl (C=O) groups excluding carboxylic acids is 1. The number of allylic oxidation sites excluding steroid dienone is 2. The van der Waals surface area contributed by atoms with Gasteiger partial charge in [-0.2, -0.15) is 0 Å². The lowest BCUT2D eigenvalue weighted by Crippen LogP contribution is -2.21. The quantitative estimate of drug-likeness (QED) is 0.649. The maximum Gasteiger partial charge on any atom is 0.253 e. The summed E-state index contributed by atoms with van der Waals surface area (Å²) < 4.78 is 0. The zero-order valence-corrected chi connectivity index (χ0v) is 10.1. The Kier molecular flexibility index (Phi) is 3.51.